The Morgan fingerprint density at radius 1 is 1.46 bits per heavy atom. The van der Waals surface area contributed by atoms with Gasteiger partial charge in [0.25, 0.3) is 0 Å². The van der Waals surface area contributed by atoms with Crippen LogP contribution in [-0.4, -0.2) is 16.8 Å². The summed E-state index contributed by atoms with van der Waals surface area (Å²) in [5.74, 6) is 0. The lowest BCUT2D eigenvalue weighted by molar-refractivity contribution is 0.525. The van der Waals surface area contributed by atoms with E-state index in [0.717, 1.165) is 6.42 Å². The standard InChI is InChI=1S/C11H14N2/c1-3-11(2)8-10-6-4-5-7-13(10)9-12-11/h4-9H,3H2,1-2H3. The molecule has 0 saturated heterocycles. The Morgan fingerprint density at radius 2 is 2.31 bits per heavy atom. The van der Waals surface area contributed by atoms with Gasteiger partial charge in [-0.1, -0.05) is 13.0 Å². The molecule has 0 aromatic carbocycles. The van der Waals surface area contributed by atoms with E-state index in [1.54, 1.807) is 0 Å². The summed E-state index contributed by atoms with van der Waals surface area (Å²) >= 11 is 0. The van der Waals surface area contributed by atoms with E-state index in [-0.39, 0.29) is 5.54 Å². The summed E-state index contributed by atoms with van der Waals surface area (Å²) in [4.78, 5) is 6.54. The lowest BCUT2D eigenvalue weighted by Gasteiger charge is -2.30. The maximum absolute atomic E-state index is 4.50. The van der Waals surface area contributed by atoms with E-state index < -0.39 is 0 Å². The highest BCUT2D eigenvalue weighted by molar-refractivity contribution is 5.65. The molecule has 13 heavy (non-hydrogen) atoms. The molecule has 0 spiro atoms. The lowest BCUT2D eigenvalue weighted by Crippen LogP contribution is -2.29. The molecule has 2 heteroatoms. The van der Waals surface area contributed by atoms with Crippen molar-refractivity contribution in [1.29, 1.82) is 0 Å². The molecule has 0 N–H and O–H groups in total. The molecule has 0 bridgehead atoms. The molecule has 68 valence electrons. The van der Waals surface area contributed by atoms with Crippen molar-refractivity contribution in [2.75, 3.05) is 0 Å². The van der Waals surface area contributed by atoms with Gasteiger partial charge in [0.05, 0.1) is 11.9 Å². The first-order chi connectivity index (χ1) is 6.23. The third-order valence-electron chi connectivity index (χ3n) is 2.57. The topological polar surface area (TPSA) is 15.6 Å². The first-order valence-corrected chi connectivity index (χ1v) is 4.65. The molecule has 0 saturated carbocycles. The van der Waals surface area contributed by atoms with E-state index in [4.69, 9.17) is 0 Å². The molecule has 0 aromatic rings. The first-order valence-electron chi connectivity index (χ1n) is 4.65. The lowest BCUT2D eigenvalue weighted by atomic mass is 9.96. The van der Waals surface area contributed by atoms with Gasteiger partial charge in [-0.05, 0) is 31.6 Å². The van der Waals surface area contributed by atoms with Crippen LogP contribution in [0.1, 0.15) is 20.3 Å². The van der Waals surface area contributed by atoms with Crippen LogP contribution >= 0.6 is 0 Å². The Balaban J connectivity index is 2.33. The van der Waals surface area contributed by atoms with Crippen LogP contribution in [0, 0.1) is 0 Å². The summed E-state index contributed by atoms with van der Waals surface area (Å²) in [5, 5.41) is 0. The van der Waals surface area contributed by atoms with Crippen molar-refractivity contribution in [2.24, 2.45) is 4.99 Å². The highest BCUT2D eigenvalue weighted by Gasteiger charge is 2.23. The van der Waals surface area contributed by atoms with Crippen molar-refractivity contribution in [3.8, 4) is 0 Å². The average molecular weight is 174 g/mol. The summed E-state index contributed by atoms with van der Waals surface area (Å²) in [6.45, 7) is 4.31. The predicted octanol–water partition coefficient (Wildman–Crippen LogP) is 2.47. The molecule has 1 atom stereocenters. The van der Waals surface area contributed by atoms with Crippen molar-refractivity contribution in [3.05, 3.63) is 36.2 Å². The summed E-state index contributed by atoms with van der Waals surface area (Å²) < 4.78 is 0. The highest BCUT2D eigenvalue weighted by atomic mass is 15.2. The van der Waals surface area contributed by atoms with E-state index in [9.17, 15) is 0 Å². The van der Waals surface area contributed by atoms with Gasteiger partial charge in [-0.25, -0.2) is 0 Å². The molecule has 1 unspecified atom stereocenters. The Labute approximate surface area is 79.0 Å². The molecule has 2 aliphatic heterocycles. The second kappa shape index (κ2) is 2.87. The van der Waals surface area contributed by atoms with Gasteiger partial charge in [0.1, 0.15) is 0 Å². The fourth-order valence-corrected chi connectivity index (χ4v) is 1.44. The number of rotatable bonds is 1. The van der Waals surface area contributed by atoms with Gasteiger partial charge in [0.2, 0.25) is 0 Å². The SMILES string of the molecule is CCC1(C)C=C2C=CC=CN2C=N1. The summed E-state index contributed by atoms with van der Waals surface area (Å²) in [5.41, 5.74) is 1.21. The predicted molar refractivity (Wildman–Crippen MR) is 55.4 cm³/mol. The van der Waals surface area contributed by atoms with Crippen LogP contribution in [-0.2, 0) is 0 Å². The number of nitrogens with zero attached hydrogens (tertiary/aromatic N) is 2. The molecule has 0 fully saturated rings. The first kappa shape index (κ1) is 8.30. The van der Waals surface area contributed by atoms with Crippen molar-refractivity contribution >= 4 is 6.34 Å². The molecule has 0 aromatic heterocycles. The van der Waals surface area contributed by atoms with E-state index in [2.05, 4.69) is 37.1 Å². The fourth-order valence-electron chi connectivity index (χ4n) is 1.44. The fraction of sp³-hybridized carbons (Fsp3) is 0.364. The molecule has 2 nitrogen and oxygen atoms in total. The Morgan fingerprint density at radius 3 is 3.08 bits per heavy atom. The molecule has 2 aliphatic rings. The van der Waals surface area contributed by atoms with Gasteiger partial charge in [-0.15, -0.1) is 0 Å². The zero-order valence-corrected chi connectivity index (χ0v) is 8.07. The van der Waals surface area contributed by atoms with E-state index in [0.29, 0.717) is 0 Å². The molecular formula is C11H14N2. The smallest absolute Gasteiger partial charge is 0.0946 e. The number of fused-ring (bicyclic) bond motifs is 1. The third kappa shape index (κ3) is 1.44. The van der Waals surface area contributed by atoms with Gasteiger partial charge in [0.15, 0.2) is 0 Å². The average Bonchev–Trinajstić information content (AvgIpc) is 2.18. The quantitative estimate of drug-likeness (QED) is 0.596. The Hall–Kier alpha value is -1.31. The van der Waals surface area contributed by atoms with Crippen LogP contribution in [0.3, 0.4) is 0 Å². The Bertz CT molecular complexity index is 323. The number of hydrogen-bond donors (Lipinski definition) is 0. The number of allylic oxidation sites excluding steroid dienone is 3. The van der Waals surface area contributed by atoms with E-state index >= 15 is 0 Å². The van der Waals surface area contributed by atoms with Crippen molar-refractivity contribution in [2.45, 2.75) is 25.8 Å². The van der Waals surface area contributed by atoms with Gasteiger partial charge in [-0.3, -0.25) is 4.99 Å². The second-order valence-corrected chi connectivity index (χ2v) is 3.63. The van der Waals surface area contributed by atoms with Crippen molar-refractivity contribution in [3.63, 3.8) is 0 Å². The van der Waals surface area contributed by atoms with Crippen LogP contribution in [0.5, 0.6) is 0 Å². The molecule has 2 heterocycles. The normalized spacial score (nSPS) is 30.3. The minimum Gasteiger partial charge on any atom is -0.308 e. The largest absolute Gasteiger partial charge is 0.308 e. The van der Waals surface area contributed by atoms with Crippen LogP contribution in [0.15, 0.2) is 41.2 Å². The second-order valence-electron chi connectivity index (χ2n) is 3.63. The zero-order valence-electron chi connectivity index (χ0n) is 8.07. The summed E-state index contributed by atoms with van der Waals surface area (Å²) in [6, 6.07) is 0. The maximum atomic E-state index is 4.50. The van der Waals surface area contributed by atoms with Crippen LogP contribution in [0.2, 0.25) is 0 Å². The third-order valence-corrected chi connectivity index (χ3v) is 2.57. The van der Waals surface area contributed by atoms with Crippen LogP contribution in [0.4, 0.5) is 0 Å². The maximum Gasteiger partial charge on any atom is 0.0946 e. The van der Waals surface area contributed by atoms with Crippen molar-refractivity contribution in [1.82, 2.24) is 4.90 Å². The highest BCUT2D eigenvalue weighted by Crippen LogP contribution is 2.25. The zero-order chi connectivity index (χ0) is 9.31. The van der Waals surface area contributed by atoms with Crippen LogP contribution < -0.4 is 0 Å². The minimum absolute atomic E-state index is 0.0125. The molecule has 0 aliphatic carbocycles. The van der Waals surface area contributed by atoms with E-state index in [1.807, 2.05) is 23.5 Å². The molecule has 0 radical (unpaired) electrons. The van der Waals surface area contributed by atoms with E-state index in [1.165, 1.54) is 5.70 Å². The summed E-state index contributed by atoms with van der Waals surface area (Å²) in [7, 11) is 0. The molecular weight excluding hydrogens is 160 g/mol. The molecule has 0 amide bonds. The minimum atomic E-state index is -0.0125. The molecule has 2 rings (SSSR count). The summed E-state index contributed by atoms with van der Waals surface area (Å²) in [6.07, 6.45) is 13.4. The Kier molecular flexibility index (Phi) is 1.83. The van der Waals surface area contributed by atoms with Gasteiger partial charge in [-0.2, -0.15) is 0 Å². The van der Waals surface area contributed by atoms with Gasteiger partial charge < -0.3 is 4.90 Å². The number of hydrogen-bond acceptors (Lipinski definition) is 2. The van der Waals surface area contributed by atoms with Gasteiger partial charge in [0, 0.05) is 11.9 Å². The van der Waals surface area contributed by atoms with Crippen molar-refractivity contribution < 1.29 is 0 Å². The van der Waals surface area contributed by atoms with Crippen LogP contribution in [0.25, 0.3) is 0 Å². The monoisotopic (exact) mass is 174 g/mol. The number of aliphatic imine (C=N–C) groups is 1. The van der Waals surface area contributed by atoms with Gasteiger partial charge >= 0.3 is 0 Å².